The number of para-hydroxylation sites is 1. The Labute approximate surface area is 193 Å². The van der Waals surface area contributed by atoms with Gasteiger partial charge in [-0.1, -0.05) is 31.5 Å². The number of unbranched alkanes of at least 4 members (excludes halogenated alkanes) is 1. The van der Waals surface area contributed by atoms with Crippen molar-refractivity contribution in [2.75, 3.05) is 24.7 Å². The van der Waals surface area contributed by atoms with Crippen LogP contribution in [0.3, 0.4) is 0 Å². The summed E-state index contributed by atoms with van der Waals surface area (Å²) in [5.74, 6) is 1.20. The minimum Gasteiger partial charge on any atom is -0.493 e. The molecule has 2 N–H and O–H groups in total. The molecule has 2 rings (SSSR count). The fraction of sp³-hybridized carbons (Fsp3) is 0.652. The number of aliphatic carboxylic acids is 2. The number of hydrogen-bond donors (Lipinski definition) is 2. The molecule has 1 saturated heterocycles. The molecular weight excluding hydrogens is 436 g/mol. The first-order valence-electron chi connectivity index (χ1n) is 11.0. The van der Waals surface area contributed by atoms with Crippen molar-refractivity contribution in [1.82, 2.24) is 0 Å². The summed E-state index contributed by atoms with van der Waals surface area (Å²) in [5.41, 5.74) is 1.27. The Hall–Kier alpha value is -1.38. The number of carbonyl (C=O) groups is 2. The number of ether oxygens (including phenoxy) is 2. The number of hydrogen-bond acceptors (Lipinski definition) is 6. The van der Waals surface area contributed by atoms with Crippen molar-refractivity contribution in [3.8, 4) is 5.75 Å². The van der Waals surface area contributed by atoms with Crippen LogP contribution in [0.15, 0.2) is 24.3 Å². The summed E-state index contributed by atoms with van der Waals surface area (Å²) in [7, 11) is 0. The van der Waals surface area contributed by atoms with Crippen molar-refractivity contribution in [3.05, 3.63) is 29.8 Å². The number of carboxylic acids is 2. The lowest BCUT2D eigenvalue weighted by molar-refractivity contribution is -0.138. The van der Waals surface area contributed by atoms with Gasteiger partial charge in [-0.2, -0.15) is 11.8 Å². The molecule has 0 bridgehead atoms. The molecule has 31 heavy (non-hydrogen) atoms. The van der Waals surface area contributed by atoms with Gasteiger partial charge >= 0.3 is 11.9 Å². The van der Waals surface area contributed by atoms with Gasteiger partial charge in [-0.25, -0.2) is 0 Å². The van der Waals surface area contributed by atoms with Crippen molar-refractivity contribution in [2.45, 2.75) is 68.5 Å². The van der Waals surface area contributed by atoms with Crippen molar-refractivity contribution < 1.29 is 29.3 Å². The summed E-state index contributed by atoms with van der Waals surface area (Å²) in [6, 6.07) is 8.23. The second-order valence-corrected chi connectivity index (χ2v) is 10.5. The molecule has 1 atom stereocenters. The summed E-state index contributed by atoms with van der Waals surface area (Å²) in [6.45, 7) is 3.44. The van der Waals surface area contributed by atoms with Gasteiger partial charge in [-0.3, -0.25) is 9.59 Å². The zero-order chi connectivity index (χ0) is 22.5. The van der Waals surface area contributed by atoms with E-state index in [0.29, 0.717) is 19.4 Å². The Bertz CT molecular complexity index is 678. The molecule has 0 amide bonds. The fourth-order valence-corrected chi connectivity index (χ4v) is 6.32. The summed E-state index contributed by atoms with van der Waals surface area (Å²) >= 11 is 3.49. The normalized spacial score (nSPS) is 17.5. The van der Waals surface area contributed by atoms with E-state index in [1.165, 1.54) is 5.56 Å². The van der Waals surface area contributed by atoms with Crippen LogP contribution in [-0.2, 0) is 20.7 Å². The predicted octanol–water partition coefficient (Wildman–Crippen LogP) is 5.09. The topological polar surface area (TPSA) is 93.1 Å². The van der Waals surface area contributed by atoms with Gasteiger partial charge in [0.15, 0.2) is 0 Å². The van der Waals surface area contributed by atoms with E-state index in [9.17, 15) is 9.59 Å². The van der Waals surface area contributed by atoms with Crippen LogP contribution in [0.2, 0.25) is 0 Å². The highest BCUT2D eigenvalue weighted by molar-refractivity contribution is 8.04. The number of aryl methyl sites for hydroxylation is 1. The summed E-state index contributed by atoms with van der Waals surface area (Å²) in [6.07, 6.45) is 4.89. The van der Waals surface area contributed by atoms with Crippen LogP contribution in [0.4, 0.5) is 0 Å². The smallest absolute Gasteiger partial charge is 0.303 e. The average molecular weight is 471 g/mol. The molecule has 6 nitrogen and oxygen atoms in total. The first kappa shape index (κ1) is 25.9. The van der Waals surface area contributed by atoms with E-state index in [2.05, 4.69) is 19.1 Å². The van der Waals surface area contributed by atoms with Crippen LogP contribution in [-0.4, -0.2) is 57.1 Å². The third kappa shape index (κ3) is 9.74. The second-order valence-electron chi connectivity index (χ2n) is 7.74. The van der Waals surface area contributed by atoms with Gasteiger partial charge in [0.2, 0.25) is 0 Å². The molecule has 1 aliphatic heterocycles. The van der Waals surface area contributed by atoms with E-state index >= 15 is 0 Å². The highest BCUT2D eigenvalue weighted by Crippen LogP contribution is 2.45. The van der Waals surface area contributed by atoms with Gasteiger partial charge in [0, 0.05) is 23.8 Å². The van der Waals surface area contributed by atoms with Crippen molar-refractivity contribution in [2.24, 2.45) is 0 Å². The molecule has 1 unspecified atom stereocenters. The molecule has 0 radical (unpaired) electrons. The molecule has 0 spiro atoms. The van der Waals surface area contributed by atoms with E-state index in [-0.39, 0.29) is 18.1 Å². The van der Waals surface area contributed by atoms with Gasteiger partial charge in [0.25, 0.3) is 0 Å². The van der Waals surface area contributed by atoms with Crippen molar-refractivity contribution in [3.63, 3.8) is 0 Å². The molecule has 1 aromatic carbocycles. The van der Waals surface area contributed by atoms with Crippen molar-refractivity contribution >= 4 is 35.5 Å². The zero-order valence-corrected chi connectivity index (χ0v) is 19.8. The largest absolute Gasteiger partial charge is 0.493 e. The van der Waals surface area contributed by atoms with Crippen LogP contribution in [0.5, 0.6) is 5.75 Å². The lowest BCUT2D eigenvalue weighted by Gasteiger charge is -2.26. The maximum Gasteiger partial charge on any atom is 0.303 e. The molecule has 0 saturated carbocycles. The van der Waals surface area contributed by atoms with Gasteiger partial charge in [0.05, 0.1) is 13.2 Å². The second kappa shape index (κ2) is 13.9. The van der Waals surface area contributed by atoms with Crippen LogP contribution in [0.1, 0.15) is 57.4 Å². The monoisotopic (exact) mass is 470 g/mol. The third-order valence-electron chi connectivity index (χ3n) is 5.09. The van der Waals surface area contributed by atoms with Crippen LogP contribution in [0.25, 0.3) is 0 Å². The Morgan fingerprint density at radius 2 is 1.90 bits per heavy atom. The minimum atomic E-state index is -0.878. The van der Waals surface area contributed by atoms with E-state index < -0.39 is 16.9 Å². The first-order chi connectivity index (χ1) is 14.9. The van der Waals surface area contributed by atoms with E-state index in [4.69, 9.17) is 19.7 Å². The van der Waals surface area contributed by atoms with E-state index in [0.717, 1.165) is 49.5 Å². The SMILES string of the molecule is CCCc1ccccc1OCCCCSCC1COC(CCC(=O)O)(CCC(=O)O)S1. The van der Waals surface area contributed by atoms with Crippen LogP contribution < -0.4 is 4.74 Å². The summed E-state index contributed by atoms with van der Waals surface area (Å²) in [5, 5.41) is 18.3. The number of thioether (sulfide) groups is 2. The lowest BCUT2D eigenvalue weighted by atomic mass is 10.1. The molecule has 1 aliphatic rings. The van der Waals surface area contributed by atoms with E-state index in [1.807, 2.05) is 23.9 Å². The third-order valence-corrected chi connectivity index (χ3v) is 8.11. The quantitative estimate of drug-likeness (QED) is 0.323. The number of carboxylic acid groups (broad SMARTS) is 2. The summed E-state index contributed by atoms with van der Waals surface area (Å²) in [4.78, 5) is 21.2. The molecule has 1 fully saturated rings. The van der Waals surface area contributed by atoms with Gasteiger partial charge < -0.3 is 19.7 Å². The Balaban J connectivity index is 1.64. The van der Waals surface area contributed by atoms with Gasteiger partial charge in [-0.15, -0.1) is 11.8 Å². The highest BCUT2D eigenvalue weighted by atomic mass is 32.2. The molecule has 0 aromatic heterocycles. The maximum atomic E-state index is 11.0. The fourth-order valence-electron chi connectivity index (χ4n) is 3.50. The lowest BCUT2D eigenvalue weighted by Crippen LogP contribution is -2.26. The highest BCUT2D eigenvalue weighted by Gasteiger charge is 2.41. The standard InChI is InChI=1S/C23H34O6S2/c1-2-7-18-8-3-4-9-20(18)28-14-5-6-15-30-17-19-16-29-23(31-19,12-10-21(24)25)13-11-22(26)27/h3-4,8-9,19H,2,5-7,10-17H2,1H3,(H,24,25)(H,26,27). The van der Waals surface area contributed by atoms with E-state index in [1.54, 1.807) is 11.8 Å². The molecule has 8 heteroatoms. The molecule has 1 heterocycles. The summed E-state index contributed by atoms with van der Waals surface area (Å²) < 4.78 is 11.9. The Kier molecular flexibility index (Phi) is 11.6. The van der Waals surface area contributed by atoms with Crippen LogP contribution >= 0.6 is 23.5 Å². The Morgan fingerprint density at radius 3 is 2.58 bits per heavy atom. The molecular formula is C23H34O6S2. The molecule has 0 aliphatic carbocycles. The van der Waals surface area contributed by atoms with Crippen molar-refractivity contribution in [1.29, 1.82) is 0 Å². The predicted molar refractivity (Wildman–Crippen MR) is 126 cm³/mol. The zero-order valence-electron chi connectivity index (χ0n) is 18.2. The molecule has 174 valence electrons. The number of rotatable bonds is 16. The average Bonchev–Trinajstić information content (AvgIpc) is 3.15. The van der Waals surface area contributed by atoms with Crippen LogP contribution in [0, 0.1) is 0 Å². The first-order valence-corrected chi connectivity index (χ1v) is 13.0. The maximum absolute atomic E-state index is 11.0. The number of benzene rings is 1. The molecule has 1 aromatic rings. The van der Waals surface area contributed by atoms with Gasteiger partial charge in [0.1, 0.15) is 10.7 Å². The van der Waals surface area contributed by atoms with Gasteiger partial charge in [-0.05, 0) is 49.5 Å². The minimum absolute atomic E-state index is 0.00608. The Morgan fingerprint density at radius 1 is 1.19 bits per heavy atom.